The lowest BCUT2D eigenvalue weighted by Crippen LogP contribution is -2.05. The topological polar surface area (TPSA) is 43.8 Å². The minimum atomic E-state index is 0.585. The summed E-state index contributed by atoms with van der Waals surface area (Å²) in [5.41, 5.74) is 10.9. The van der Waals surface area contributed by atoms with Crippen molar-refractivity contribution in [1.29, 1.82) is 0 Å². The molecule has 0 unspecified atom stereocenters. The number of aryl methyl sites for hydroxylation is 2. The average molecular weight is 269 g/mol. The lowest BCUT2D eigenvalue weighted by molar-refractivity contribution is 0.635. The molecule has 0 bridgehead atoms. The molecule has 20 heavy (non-hydrogen) atoms. The number of hydrogen-bond acceptors (Lipinski definition) is 2. The Morgan fingerprint density at radius 2 is 1.90 bits per heavy atom. The molecule has 0 radical (unpaired) electrons. The fourth-order valence-corrected chi connectivity index (χ4v) is 3.36. The van der Waals surface area contributed by atoms with Crippen molar-refractivity contribution in [2.75, 3.05) is 5.73 Å². The monoisotopic (exact) mass is 269 g/mol. The van der Waals surface area contributed by atoms with E-state index in [9.17, 15) is 0 Å². The normalized spacial score (nSPS) is 15.9. The second-order valence-corrected chi connectivity index (χ2v) is 6.06. The predicted octanol–water partition coefficient (Wildman–Crippen LogP) is 3.94. The molecule has 3 heteroatoms. The summed E-state index contributed by atoms with van der Waals surface area (Å²) < 4.78 is 2.09. The Bertz CT molecular complexity index is 634. The van der Waals surface area contributed by atoms with Crippen LogP contribution in [0.5, 0.6) is 0 Å². The highest BCUT2D eigenvalue weighted by Gasteiger charge is 2.24. The lowest BCUT2D eigenvalue weighted by atomic mass is 10.0. The molecule has 0 amide bonds. The van der Waals surface area contributed by atoms with Crippen molar-refractivity contribution in [2.45, 2.75) is 45.4 Å². The quantitative estimate of drug-likeness (QED) is 0.897. The van der Waals surface area contributed by atoms with Gasteiger partial charge in [0, 0.05) is 18.5 Å². The van der Waals surface area contributed by atoms with E-state index in [1.807, 2.05) is 7.05 Å². The number of anilines is 1. The van der Waals surface area contributed by atoms with Gasteiger partial charge in [0.25, 0.3) is 0 Å². The fourth-order valence-electron chi connectivity index (χ4n) is 3.36. The smallest absolute Gasteiger partial charge is 0.131 e. The van der Waals surface area contributed by atoms with E-state index in [1.54, 1.807) is 0 Å². The third-order valence-corrected chi connectivity index (χ3v) is 4.53. The van der Waals surface area contributed by atoms with Gasteiger partial charge in [-0.25, -0.2) is 4.98 Å². The minimum absolute atomic E-state index is 0.585. The van der Waals surface area contributed by atoms with Crippen molar-refractivity contribution >= 4 is 5.82 Å². The molecule has 1 aliphatic rings. The third-order valence-electron chi connectivity index (χ3n) is 4.53. The van der Waals surface area contributed by atoms with Gasteiger partial charge in [0.2, 0.25) is 0 Å². The maximum atomic E-state index is 6.31. The number of benzene rings is 1. The van der Waals surface area contributed by atoms with E-state index >= 15 is 0 Å². The van der Waals surface area contributed by atoms with Gasteiger partial charge < -0.3 is 10.3 Å². The van der Waals surface area contributed by atoms with Crippen LogP contribution in [0.2, 0.25) is 0 Å². The van der Waals surface area contributed by atoms with E-state index in [-0.39, 0.29) is 0 Å². The molecule has 1 aromatic carbocycles. The zero-order chi connectivity index (χ0) is 14.3. The number of nitrogen functional groups attached to an aromatic ring is 1. The van der Waals surface area contributed by atoms with Crippen LogP contribution >= 0.6 is 0 Å². The van der Waals surface area contributed by atoms with Crippen LogP contribution in [0, 0.1) is 13.8 Å². The van der Waals surface area contributed by atoms with Crippen LogP contribution in [0.3, 0.4) is 0 Å². The van der Waals surface area contributed by atoms with Gasteiger partial charge >= 0.3 is 0 Å². The SMILES string of the molecule is Cc1ccc(-c2nc(C3CCCC3)n(C)c2N)c(C)c1. The van der Waals surface area contributed by atoms with Gasteiger partial charge in [-0.15, -0.1) is 0 Å². The standard InChI is InChI=1S/C17H23N3/c1-11-8-9-14(12(2)10-11)15-16(18)20(3)17(19-15)13-6-4-5-7-13/h8-10,13H,4-7,18H2,1-3H3. The van der Waals surface area contributed by atoms with Gasteiger partial charge in [-0.3, -0.25) is 0 Å². The lowest BCUT2D eigenvalue weighted by Gasteiger charge is -2.08. The number of hydrogen-bond donors (Lipinski definition) is 1. The Morgan fingerprint density at radius 3 is 2.55 bits per heavy atom. The largest absolute Gasteiger partial charge is 0.383 e. The van der Waals surface area contributed by atoms with Crippen molar-refractivity contribution in [2.24, 2.45) is 7.05 Å². The van der Waals surface area contributed by atoms with E-state index < -0.39 is 0 Å². The first-order chi connectivity index (χ1) is 9.58. The molecule has 1 aliphatic carbocycles. The highest BCUT2D eigenvalue weighted by molar-refractivity contribution is 5.74. The van der Waals surface area contributed by atoms with Gasteiger partial charge in [-0.2, -0.15) is 0 Å². The van der Waals surface area contributed by atoms with Crippen LogP contribution in [0.4, 0.5) is 5.82 Å². The number of nitrogens with two attached hydrogens (primary N) is 1. The number of aromatic nitrogens is 2. The van der Waals surface area contributed by atoms with Gasteiger partial charge in [0.05, 0.1) is 0 Å². The van der Waals surface area contributed by atoms with Crippen molar-refractivity contribution in [1.82, 2.24) is 9.55 Å². The highest BCUT2D eigenvalue weighted by Crippen LogP contribution is 2.37. The summed E-state index contributed by atoms with van der Waals surface area (Å²) in [6.07, 6.45) is 5.12. The van der Waals surface area contributed by atoms with Gasteiger partial charge in [-0.1, -0.05) is 36.6 Å². The van der Waals surface area contributed by atoms with E-state index in [1.165, 1.54) is 36.8 Å². The Morgan fingerprint density at radius 1 is 1.20 bits per heavy atom. The zero-order valence-electron chi connectivity index (χ0n) is 12.6. The first kappa shape index (κ1) is 13.2. The summed E-state index contributed by atoms with van der Waals surface area (Å²) in [5.74, 6) is 2.54. The summed E-state index contributed by atoms with van der Waals surface area (Å²) in [6, 6.07) is 6.46. The number of rotatable bonds is 2. The molecule has 0 saturated heterocycles. The summed E-state index contributed by atoms with van der Waals surface area (Å²) in [5, 5.41) is 0. The van der Waals surface area contributed by atoms with Crippen LogP contribution in [0.25, 0.3) is 11.3 Å². The van der Waals surface area contributed by atoms with Crippen LogP contribution < -0.4 is 5.73 Å². The molecule has 2 N–H and O–H groups in total. The van der Waals surface area contributed by atoms with Crippen molar-refractivity contribution in [3.8, 4) is 11.3 Å². The maximum Gasteiger partial charge on any atom is 0.131 e. The second kappa shape index (κ2) is 4.97. The average Bonchev–Trinajstić information content (AvgIpc) is 3.01. The molecule has 0 atom stereocenters. The third kappa shape index (κ3) is 2.11. The molecule has 0 aliphatic heterocycles. The second-order valence-electron chi connectivity index (χ2n) is 6.06. The molecule has 1 heterocycles. The summed E-state index contributed by atoms with van der Waals surface area (Å²) >= 11 is 0. The minimum Gasteiger partial charge on any atom is -0.383 e. The summed E-state index contributed by atoms with van der Waals surface area (Å²) in [6.45, 7) is 4.24. The first-order valence-corrected chi connectivity index (χ1v) is 7.47. The van der Waals surface area contributed by atoms with E-state index in [2.05, 4.69) is 36.6 Å². The van der Waals surface area contributed by atoms with Crippen LogP contribution in [0.15, 0.2) is 18.2 Å². The van der Waals surface area contributed by atoms with Crippen LogP contribution in [-0.4, -0.2) is 9.55 Å². The number of nitrogens with zero attached hydrogens (tertiary/aromatic N) is 2. The molecule has 1 aromatic heterocycles. The fraction of sp³-hybridized carbons (Fsp3) is 0.471. The Labute approximate surface area is 120 Å². The molecule has 106 valence electrons. The van der Waals surface area contributed by atoms with Crippen LogP contribution in [0.1, 0.15) is 48.6 Å². The highest BCUT2D eigenvalue weighted by atomic mass is 15.1. The Balaban J connectivity index is 2.07. The molecule has 2 aromatic rings. The van der Waals surface area contributed by atoms with Crippen molar-refractivity contribution in [3.05, 3.63) is 35.2 Å². The molecular weight excluding hydrogens is 246 g/mol. The number of imidazole rings is 1. The van der Waals surface area contributed by atoms with E-state index in [4.69, 9.17) is 10.7 Å². The first-order valence-electron chi connectivity index (χ1n) is 7.47. The molecule has 1 fully saturated rings. The molecule has 0 spiro atoms. The van der Waals surface area contributed by atoms with E-state index in [0.717, 1.165) is 22.9 Å². The maximum absolute atomic E-state index is 6.31. The molecular formula is C17H23N3. The van der Waals surface area contributed by atoms with E-state index in [0.29, 0.717) is 5.92 Å². The van der Waals surface area contributed by atoms with Crippen molar-refractivity contribution in [3.63, 3.8) is 0 Å². The molecule has 1 saturated carbocycles. The Kier molecular flexibility index (Phi) is 3.28. The Hall–Kier alpha value is -1.77. The zero-order valence-corrected chi connectivity index (χ0v) is 12.6. The van der Waals surface area contributed by atoms with Crippen LogP contribution in [-0.2, 0) is 7.05 Å². The van der Waals surface area contributed by atoms with Gasteiger partial charge in [-0.05, 0) is 32.3 Å². The van der Waals surface area contributed by atoms with Crippen molar-refractivity contribution < 1.29 is 0 Å². The van der Waals surface area contributed by atoms with Gasteiger partial charge in [0.1, 0.15) is 17.3 Å². The summed E-state index contributed by atoms with van der Waals surface area (Å²) in [4.78, 5) is 4.89. The molecule has 3 rings (SSSR count). The predicted molar refractivity (Wildman–Crippen MR) is 83.7 cm³/mol. The summed E-state index contributed by atoms with van der Waals surface area (Å²) in [7, 11) is 2.04. The van der Waals surface area contributed by atoms with Gasteiger partial charge in [0.15, 0.2) is 0 Å². The molecule has 3 nitrogen and oxygen atoms in total.